The van der Waals surface area contributed by atoms with Crippen LogP contribution in [0.2, 0.25) is 0 Å². The molecule has 0 radical (unpaired) electrons. The summed E-state index contributed by atoms with van der Waals surface area (Å²) in [5, 5.41) is 3.61. The maximum Gasteiger partial charge on any atom is 0.236 e. The van der Waals surface area contributed by atoms with Crippen molar-refractivity contribution >= 4 is 35.8 Å². The molecule has 0 aromatic rings. The smallest absolute Gasteiger partial charge is 0.236 e. The second-order valence-corrected chi connectivity index (χ2v) is 8.06. The van der Waals surface area contributed by atoms with E-state index in [4.69, 9.17) is 0 Å². The van der Waals surface area contributed by atoms with Crippen molar-refractivity contribution in [2.75, 3.05) is 72.5 Å². The Kier molecular flexibility index (Phi) is 10.3. The number of hydrogen-bond donors (Lipinski definition) is 1. The fraction of sp³-hybridized carbons (Fsp3) is 0.900. The highest BCUT2D eigenvalue weighted by Gasteiger charge is 2.26. The Morgan fingerprint density at radius 3 is 2.29 bits per heavy atom. The van der Waals surface area contributed by atoms with Gasteiger partial charge in [-0.3, -0.25) is 19.6 Å². The van der Waals surface area contributed by atoms with Crippen LogP contribution in [0, 0.1) is 0 Å². The molecule has 1 unspecified atom stereocenters. The van der Waals surface area contributed by atoms with E-state index in [1.807, 2.05) is 11.9 Å². The fourth-order valence-corrected chi connectivity index (χ4v) is 4.62. The molecule has 1 N–H and O–H groups in total. The van der Waals surface area contributed by atoms with Crippen molar-refractivity contribution in [2.24, 2.45) is 4.99 Å². The number of piperazine rings is 1. The van der Waals surface area contributed by atoms with Gasteiger partial charge in [-0.05, 0) is 38.8 Å². The van der Waals surface area contributed by atoms with Crippen molar-refractivity contribution in [1.29, 1.82) is 0 Å². The first-order chi connectivity index (χ1) is 13.2. The Labute approximate surface area is 187 Å². The molecule has 0 spiro atoms. The summed E-state index contributed by atoms with van der Waals surface area (Å²) in [6.07, 6.45) is 6.28. The summed E-state index contributed by atoms with van der Waals surface area (Å²) in [4.78, 5) is 26.1. The molecule has 0 aliphatic carbocycles. The van der Waals surface area contributed by atoms with Gasteiger partial charge in [-0.1, -0.05) is 13.3 Å². The van der Waals surface area contributed by atoms with Gasteiger partial charge in [-0.25, -0.2) is 0 Å². The van der Waals surface area contributed by atoms with E-state index in [1.165, 1.54) is 25.8 Å². The molecule has 7 nitrogen and oxygen atoms in total. The molecular weight excluding hydrogens is 467 g/mol. The zero-order chi connectivity index (χ0) is 19.1. The Morgan fingerprint density at radius 1 is 0.964 bits per heavy atom. The number of aliphatic imine (C=N–C) groups is 1. The second-order valence-electron chi connectivity index (χ2n) is 8.06. The van der Waals surface area contributed by atoms with Crippen LogP contribution in [0.3, 0.4) is 0 Å². The minimum Gasteiger partial charge on any atom is -0.355 e. The van der Waals surface area contributed by atoms with Crippen LogP contribution >= 0.6 is 24.0 Å². The molecule has 0 bridgehead atoms. The summed E-state index contributed by atoms with van der Waals surface area (Å²) in [5.41, 5.74) is 0. The molecule has 1 atom stereocenters. The lowest BCUT2D eigenvalue weighted by Crippen LogP contribution is -2.55. The number of halogens is 1. The number of amides is 1. The van der Waals surface area contributed by atoms with Crippen molar-refractivity contribution in [3.05, 3.63) is 0 Å². The van der Waals surface area contributed by atoms with Gasteiger partial charge in [0.05, 0.1) is 6.54 Å². The van der Waals surface area contributed by atoms with E-state index in [2.05, 4.69) is 31.9 Å². The standard InChI is InChI=1S/C20H38N6O.HI/c1-3-24-9-5-4-8-18(24)16-22-20(21-2)26-14-12-23(13-15-26)17-19(27)25-10-6-7-11-25;/h18H,3-17H2,1-2H3,(H,21,22);1H. The first-order valence-corrected chi connectivity index (χ1v) is 10.9. The molecule has 162 valence electrons. The van der Waals surface area contributed by atoms with Crippen molar-refractivity contribution < 1.29 is 4.79 Å². The van der Waals surface area contributed by atoms with Gasteiger partial charge in [0.15, 0.2) is 5.96 Å². The van der Waals surface area contributed by atoms with Gasteiger partial charge in [0.1, 0.15) is 0 Å². The molecule has 3 fully saturated rings. The highest BCUT2D eigenvalue weighted by molar-refractivity contribution is 14.0. The van der Waals surface area contributed by atoms with Crippen LogP contribution in [0.15, 0.2) is 4.99 Å². The first-order valence-electron chi connectivity index (χ1n) is 10.9. The molecule has 28 heavy (non-hydrogen) atoms. The second kappa shape index (κ2) is 12.2. The summed E-state index contributed by atoms with van der Waals surface area (Å²) < 4.78 is 0. The number of hydrogen-bond acceptors (Lipinski definition) is 4. The van der Waals surface area contributed by atoms with Crippen LogP contribution in [-0.4, -0.2) is 110 Å². The highest BCUT2D eigenvalue weighted by Crippen LogP contribution is 2.16. The largest absolute Gasteiger partial charge is 0.355 e. The lowest BCUT2D eigenvalue weighted by molar-refractivity contribution is -0.131. The van der Waals surface area contributed by atoms with Crippen LogP contribution in [0.25, 0.3) is 0 Å². The first kappa shape index (κ1) is 23.7. The van der Waals surface area contributed by atoms with E-state index in [-0.39, 0.29) is 24.0 Å². The van der Waals surface area contributed by atoms with E-state index >= 15 is 0 Å². The number of guanidine groups is 1. The lowest BCUT2D eigenvalue weighted by atomic mass is 10.0. The maximum absolute atomic E-state index is 12.4. The average molecular weight is 506 g/mol. The third-order valence-corrected chi connectivity index (χ3v) is 6.35. The molecule has 3 heterocycles. The zero-order valence-corrected chi connectivity index (χ0v) is 20.1. The Morgan fingerprint density at radius 2 is 1.64 bits per heavy atom. The van der Waals surface area contributed by atoms with E-state index in [1.54, 1.807) is 0 Å². The van der Waals surface area contributed by atoms with Gasteiger partial charge in [-0.2, -0.15) is 0 Å². The summed E-state index contributed by atoms with van der Waals surface area (Å²) in [6.45, 7) is 11.8. The number of carbonyl (C=O) groups is 1. The van der Waals surface area contributed by atoms with Gasteiger partial charge in [0.25, 0.3) is 0 Å². The van der Waals surface area contributed by atoms with Gasteiger partial charge in [0, 0.05) is 58.9 Å². The Hall–Kier alpha value is -0.610. The van der Waals surface area contributed by atoms with Crippen molar-refractivity contribution in [1.82, 2.24) is 24.9 Å². The molecule has 3 aliphatic rings. The molecule has 1 amide bonds. The Balaban J connectivity index is 0.00000280. The van der Waals surface area contributed by atoms with Crippen LogP contribution in [0.1, 0.15) is 39.0 Å². The molecular formula is C20H39IN6O. The molecule has 3 rings (SSSR count). The fourth-order valence-electron chi connectivity index (χ4n) is 4.62. The van der Waals surface area contributed by atoms with Gasteiger partial charge in [0.2, 0.25) is 5.91 Å². The van der Waals surface area contributed by atoms with Crippen molar-refractivity contribution in [3.8, 4) is 0 Å². The molecule has 8 heteroatoms. The Bertz CT molecular complexity index is 503. The van der Waals surface area contributed by atoms with Gasteiger partial charge >= 0.3 is 0 Å². The predicted molar refractivity (Wildman–Crippen MR) is 125 cm³/mol. The quantitative estimate of drug-likeness (QED) is 0.346. The van der Waals surface area contributed by atoms with Crippen molar-refractivity contribution in [3.63, 3.8) is 0 Å². The zero-order valence-electron chi connectivity index (χ0n) is 17.7. The maximum atomic E-state index is 12.4. The minimum atomic E-state index is 0. The lowest BCUT2D eigenvalue weighted by Gasteiger charge is -2.38. The van der Waals surface area contributed by atoms with E-state index in [0.29, 0.717) is 18.5 Å². The van der Waals surface area contributed by atoms with Crippen LogP contribution in [0.4, 0.5) is 0 Å². The van der Waals surface area contributed by atoms with Gasteiger partial charge < -0.3 is 15.1 Å². The van der Waals surface area contributed by atoms with E-state index < -0.39 is 0 Å². The number of likely N-dealkylation sites (tertiary alicyclic amines) is 2. The third-order valence-electron chi connectivity index (χ3n) is 6.35. The van der Waals surface area contributed by atoms with Crippen LogP contribution < -0.4 is 5.32 Å². The van der Waals surface area contributed by atoms with E-state index in [0.717, 1.165) is 71.2 Å². The number of rotatable bonds is 5. The minimum absolute atomic E-state index is 0. The molecule has 3 aliphatic heterocycles. The molecule has 0 aromatic heterocycles. The molecule has 3 saturated heterocycles. The van der Waals surface area contributed by atoms with Crippen molar-refractivity contribution in [2.45, 2.75) is 45.1 Å². The molecule has 0 saturated carbocycles. The summed E-state index contributed by atoms with van der Waals surface area (Å²) in [6, 6.07) is 0.625. The summed E-state index contributed by atoms with van der Waals surface area (Å²) in [5.74, 6) is 1.32. The average Bonchev–Trinajstić information content (AvgIpc) is 3.25. The van der Waals surface area contributed by atoms with E-state index in [9.17, 15) is 4.79 Å². The number of nitrogens with zero attached hydrogens (tertiary/aromatic N) is 5. The number of carbonyl (C=O) groups excluding carboxylic acids is 1. The number of piperidine rings is 1. The third kappa shape index (κ3) is 6.45. The monoisotopic (exact) mass is 506 g/mol. The number of nitrogens with one attached hydrogen (secondary N) is 1. The summed E-state index contributed by atoms with van der Waals surface area (Å²) >= 11 is 0. The topological polar surface area (TPSA) is 54.4 Å². The van der Waals surface area contributed by atoms with Crippen LogP contribution in [-0.2, 0) is 4.79 Å². The predicted octanol–water partition coefficient (Wildman–Crippen LogP) is 1.29. The normalized spacial score (nSPS) is 24.9. The molecule has 0 aromatic carbocycles. The summed E-state index contributed by atoms with van der Waals surface area (Å²) in [7, 11) is 1.88. The van der Waals surface area contributed by atoms with Gasteiger partial charge in [-0.15, -0.1) is 24.0 Å². The number of likely N-dealkylation sites (N-methyl/N-ethyl adjacent to an activating group) is 1. The SMILES string of the molecule is CCN1CCCCC1CNC(=NC)N1CCN(CC(=O)N2CCCC2)CC1.I. The highest BCUT2D eigenvalue weighted by atomic mass is 127. The van der Waals surface area contributed by atoms with Crippen LogP contribution in [0.5, 0.6) is 0 Å².